The maximum absolute atomic E-state index is 14.1. The number of hydrogen-bond acceptors (Lipinski definition) is 10. The van der Waals surface area contributed by atoms with Gasteiger partial charge >= 0.3 is 6.36 Å². The molecular formula is C30H30F3N3O8. The number of ketones is 2. The van der Waals surface area contributed by atoms with E-state index in [1.165, 1.54) is 17.0 Å². The molecule has 2 aromatic rings. The number of rotatable bonds is 5. The van der Waals surface area contributed by atoms with Crippen LogP contribution in [0.4, 0.5) is 18.9 Å². The molecular weight excluding hydrogens is 587 g/mol. The summed E-state index contributed by atoms with van der Waals surface area (Å²) in [5.74, 6) is -8.15. The molecule has 0 aliphatic heterocycles. The highest BCUT2D eigenvalue weighted by Crippen LogP contribution is 2.54. The van der Waals surface area contributed by atoms with Crippen molar-refractivity contribution in [2.45, 2.75) is 30.8 Å². The van der Waals surface area contributed by atoms with Gasteiger partial charge in [0.25, 0.3) is 5.91 Å². The number of Topliss-reactive ketones (excluding diaryl/α,β-unsaturated/α-hetero) is 2. The lowest BCUT2D eigenvalue weighted by Gasteiger charge is -2.50. The van der Waals surface area contributed by atoms with Gasteiger partial charge in [0, 0.05) is 36.8 Å². The van der Waals surface area contributed by atoms with Gasteiger partial charge in [-0.2, -0.15) is 0 Å². The summed E-state index contributed by atoms with van der Waals surface area (Å²) in [5, 5.41) is 45.6. The molecule has 3 aliphatic rings. The van der Waals surface area contributed by atoms with Gasteiger partial charge in [-0.15, -0.1) is 13.2 Å². The van der Waals surface area contributed by atoms with E-state index in [4.69, 9.17) is 5.73 Å². The lowest BCUT2D eigenvalue weighted by atomic mass is 9.58. The number of likely N-dealkylation sites (N-methyl/N-ethyl adjacent to an activating group) is 1. The predicted molar refractivity (Wildman–Crippen MR) is 150 cm³/mol. The van der Waals surface area contributed by atoms with Gasteiger partial charge in [0.05, 0.1) is 11.6 Å². The smallest absolute Gasteiger partial charge is 0.510 e. The minimum absolute atomic E-state index is 0.0676. The molecule has 1 amide bonds. The Morgan fingerprint density at radius 2 is 1.68 bits per heavy atom. The SMILES string of the molecule is CN(C)c1cc(-c2ccc(OC(F)(F)F)cc2)c(O)c2c1CC1CC3C(N(C)C)C(O)=C(C(N)=O)C(=O)C3(O)C(O)=C1C2=O. The number of carbonyl (C=O) groups is 3. The first-order valence-corrected chi connectivity index (χ1v) is 13.5. The Morgan fingerprint density at radius 3 is 2.20 bits per heavy atom. The van der Waals surface area contributed by atoms with Crippen molar-refractivity contribution in [2.24, 2.45) is 17.6 Å². The molecule has 0 heterocycles. The highest BCUT2D eigenvalue weighted by molar-refractivity contribution is 6.25. The average Bonchev–Trinajstić information content (AvgIpc) is 2.90. The fourth-order valence-electron chi connectivity index (χ4n) is 6.75. The molecule has 0 spiro atoms. The van der Waals surface area contributed by atoms with E-state index in [1.54, 1.807) is 39.2 Å². The van der Waals surface area contributed by atoms with E-state index in [-0.39, 0.29) is 35.1 Å². The van der Waals surface area contributed by atoms with Crippen LogP contribution >= 0.6 is 0 Å². The van der Waals surface area contributed by atoms with Gasteiger partial charge in [-0.25, -0.2) is 0 Å². The van der Waals surface area contributed by atoms with Crippen LogP contribution in [-0.2, 0) is 16.0 Å². The van der Waals surface area contributed by atoms with Gasteiger partial charge in [-0.3, -0.25) is 19.3 Å². The minimum Gasteiger partial charge on any atom is -0.510 e. The summed E-state index contributed by atoms with van der Waals surface area (Å²) in [6, 6.07) is 5.11. The summed E-state index contributed by atoms with van der Waals surface area (Å²) in [5.41, 5.74) is 2.38. The minimum atomic E-state index is -4.91. The standard InChI is InChI=1S/C30H30F3N3O8/c1-35(2)18-11-15(12-5-7-14(8-6-12)44-30(31,32)33)23(37)20-16(18)9-13-10-17-22(36(3)4)25(39)21(28(34)42)27(41)29(17,43)26(40)19(13)24(20)38/h5-8,11,13,17,22,37,39-40,43H,9-10H2,1-4H3,(H2,34,42). The molecule has 2 aromatic carbocycles. The Morgan fingerprint density at radius 1 is 1.07 bits per heavy atom. The number of hydrogen-bond donors (Lipinski definition) is 5. The Bertz CT molecular complexity index is 1660. The number of nitrogens with two attached hydrogens (primary N) is 1. The molecule has 44 heavy (non-hydrogen) atoms. The first kappa shape index (κ1) is 30.9. The number of benzene rings is 2. The molecule has 0 bridgehead atoms. The number of fused-ring (bicyclic) bond motifs is 3. The number of nitrogens with zero attached hydrogens (tertiary/aromatic N) is 2. The van der Waals surface area contributed by atoms with Crippen LogP contribution in [0.25, 0.3) is 11.1 Å². The fraction of sp³-hybridized carbons (Fsp3) is 0.367. The van der Waals surface area contributed by atoms with Crippen LogP contribution in [0.15, 0.2) is 53.0 Å². The number of anilines is 1. The lowest BCUT2D eigenvalue weighted by molar-refractivity contribution is -0.274. The molecule has 0 aromatic heterocycles. The van der Waals surface area contributed by atoms with Crippen molar-refractivity contribution in [1.29, 1.82) is 0 Å². The molecule has 6 N–H and O–H groups in total. The molecule has 0 saturated heterocycles. The Labute approximate surface area is 249 Å². The van der Waals surface area contributed by atoms with Crippen LogP contribution in [-0.4, -0.2) is 89.0 Å². The van der Waals surface area contributed by atoms with E-state index in [1.807, 2.05) is 0 Å². The summed E-state index contributed by atoms with van der Waals surface area (Å²) in [6.07, 6.45) is -4.90. The molecule has 234 valence electrons. The van der Waals surface area contributed by atoms with Crippen LogP contribution in [0, 0.1) is 11.8 Å². The Hall–Kier alpha value is -4.56. The zero-order chi connectivity index (χ0) is 32.6. The van der Waals surface area contributed by atoms with Crippen LogP contribution in [0.2, 0.25) is 0 Å². The quantitative estimate of drug-likeness (QED) is 0.314. The maximum Gasteiger partial charge on any atom is 0.573 e. The molecule has 0 fully saturated rings. The summed E-state index contributed by atoms with van der Waals surface area (Å²) in [7, 11) is 6.47. The fourth-order valence-corrected chi connectivity index (χ4v) is 6.75. The van der Waals surface area contributed by atoms with Crippen molar-refractivity contribution in [3.63, 3.8) is 0 Å². The van der Waals surface area contributed by atoms with Crippen molar-refractivity contribution >= 4 is 23.2 Å². The Kier molecular flexibility index (Phi) is 7.21. The number of primary amides is 1. The highest BCUT2D eigenvalue weighted by atomic mass is 19.4. The number of aliphatic hydroxyl groups is 3. The van der Waals surface area contributed by atoms with Crippen molar-refractivity contribution in [1.82, 2.24) is 4.90 Å². The molecule has 0 radical (unpaired) electrons. The van der Waals surface area contributed by atoms with Crippen LogP contribution in [0.5, 0.6) is 11.5 Å². The number of halogens is 3. The van der Waals surface area contributed by atoms with Gasteiger partial charge in [0.2, 0.25) is 5.78 Å². The van der Waals surface area contributed by atoms with Crippen molar-refractivity contribution in [3.8, 4) is 22.6 Å². The summed E-state index contributed by atoms with van der Waals surface area (Å²) >= 11 is 0. The monoisotopic (exact) mass is 617 g/mol. The molecule has 3 aliphatic carbocycles. The van der Waals surface area contributed by atoms with E-state index in [9.17, 15) is 48.0 Å². The molecule has 14 heteroatoms. The number of allylic oxidation sites excluding steroid dienone is 1. The van der Waals surface area contributed by atoms with Gasteiger partial charge in [0.15, 0.2) is 11.4 Å². The van der Waals surface area contributed by atoms with Crippen LogP contribution in [0.1, 0.15) is 22.3 Å². The second-order valence-corrected chi connectivity index (χ2v) is 11.6. The van der Waals surface area contributed by atoms with Gasteiger partial charge in [-0.05, 0) is 62.2 Å². The normalized spacial score (nSPS) is 25.1. The van der Waals surface area contributed by atoms with Crippen LogP contribution < -0.4 is 15.4 Å². The first-order chi connectivity index (χ1) is 20.4. The van der Waals surface area contributed by atoms with E-state index in [0.29, 0.717) is 11.3 Å². The summed E-state index contributed by atoms with van der Waals surface area (Å²) < 4.78 is 41.9. The highest BCUT2D eigenvalue weighted by Gasteiger charge is 2.63. The average molecular weight is 618 g/mol. The molecule has 0 saturated carbocycles. The van der Waals surface area contributed by atoms with E-state index in [0.717, 1.165) is 12.1 Å². The number of alkyl halides is 3. The number of phenolic OH excluding ortho intramolecular Hbond substituents is 1. The van der Waals surface area contributed by atoms with Crippen molar-refractivity contribution in [2.75, 3.05) is 33.1 Å². The van der Waals surface area contributed by atoms with Crippen molar-refractivity contribution in [3.05, 3.63) is 64.1 Å². The summed E-state index contributed by atoms with van der Waals surface area (Å²) in [6.45, 7) is 0. The molecule has 11 nitrogen and oxygen atoms in total. The second-order valence-electron chi connectivity index (χ2n) is 11.6. The third kappa shape index (κ3) is 4.56. The predicted octanol–water partition coefficient (Wildman–Crippen LogP) is 2.75. The molecule has 4 atom stereocenters. The summed E-state index contributed by atoms with van der Waals surface area (Å²) in [4.78, 5) is 42.9. The van der Waals surface area contributed by atoms with Crippen LogP contribution in [0.3, 0.4) is 0 Å². The largest absolute Gasteiger partial charge is 0.573 e. The number of phenols is 1. The number of ether oxygens (including phenoxy) is 1. The third-order valence-corrected chi connectivity index (χ3v) is 8.58. The van der Waals surface area contributed by atoms with E-state index in [2.05, 4.69) is 4.74 Å². The topological polar surface area (TPSA) is 174 Å². The van der Waals surface area contributed by atoms with Crippen molar-refractivity contribution < 1.29 is 52.7 Å². The van der Waals surface area contributed by atoms with E-state index >= 15 is 0 Å². The maximum atomic E-state index is 14.1. The second kappa shape index (κ2) is 10.3. The third-order valence-electron chi connectivity index (χ3n) is 8.58. The number of amides is 1. The number of carbonyl (C=O) groups excluding carboxylic acids is 3. The zero-order valence-electron chi connectivity index (χ0n) is 24.1. The molecule has 5 rings (SSSR count). The van der Waals surface area contributed by atoms with Gasteiger partial charge < -0.3 is 35.8 Å². The number of aliphatic hydroxyl groups excluding tert-OH is 2. The molecule has 4 unspecified atom stereocenters. The lowest BCUT2D eigenvalue weighted by Crippen LogP contribution is -2.63. The van der Waals surface area contributed by atoms with Gasteiger partial charge in [0.1, 0.15) is 28.6 Å². The zero-order valence-corrected chi connectivity index (χ0v) is 24.1. The van der Waals surface area contributed by atoms with E-state index < -0.39 is 75.9 Å². The van der Waals surface area contributed by atoms with Gasteiger partial charge in [-0.1, -0.05) is 12.1 Å². The first-order valence-electron chi connectivity index (χ1n) is 13.5. The number of aromatic hydroxyl groups is 1. The Balaban J connectivity index is 1.69.